The molecular formula is C16H32O. The smallest absolute Gasteiger partial charge is 0.0624 e. The molecule has 0 N–H and O–H groups in total. The average Bonchev–Trinajstić information content (AvgIpc) is 2.59. The summed E-state index contributed by atoms with van der Waals surface area (Å²) in [6.07, 6.45) is 14.5. The van der Waals surface area contributed by atoms with E-state index in [-0.39, 0.29) is 0 Å². The first-order chi connectivity index (χ1) is 8.29. The number of unbranched alkanes of at least 4 members (excludes halogenated alkanes) is 2. The lowest BCUT2D eigenvalue weighted by Gasteiger charge is -2.30. The molecule has 0 saturated heterocycles. The van der Waals surface area contributed by atoms with E-state index in [0.717, 1.165) is 11.8 Å². The molecule has 0 aromatic heterocycles. The monoisotopic (exact) mass is 240 g/mol. The molecule has 17 heavy (non-hydrogen) atoms. The zero-order chi connectivity index (χ0) is 12.5. The van der Waals surface area contributed by atoms with Crippen LogP contribution in [0.15, 0.2) is 0 Å². The minimum Gasteiger partial charge on any atom is -0.381 e. The van der Waals surface area contributed by atoms with Gasteiger partial charge in [0.2, 0.25) is 0 Å². The van der Waals surface area contributed by atoms with E-state index in [0.29, 0.717) is 6.10 Å². The second kappa shape index (κ2) is 8.97. The summed E-state index contributed by atoms with van der Waals surface area (Å²) in [7, 11) is 1.92. The van der Waals surface area contributed by atoms with E-state index in [1.807, 2.05) is 7.11 Å². The fourth-order valence-electron chi connectivity index (χ4n) is 3.41. The third kappa shape index (κ3) is 5.42. The van der Waals surface area contributed by atoms with Crippen LogP contribution < -0.4 is 0 Å². The minimum atomic E-state index is 0.518. The van der Waals surface area contributed by atoms with Crippen molar-refractivity contribution < 1.29 is 4.74 Å². The van der Waals surface area contributed by atoms with Crippen molar-refractivity contribution in [2.75, 3.05) is 7.11 Å². The Labute approximate surface area is 108 Å². The largest absolute Gasteiger partial charge is 0.381 e. The lowest BCUT2D eigenvalue weighted by atomic mass is 9.84. The van der Waals surface area contributed by atoms with E-state index >= 15 is 0 Å². The molecule has 0 aliphatic heterocycles. The van der Waals surface area contributed by atoms with Gasteiger partial charge in [-0.3, -0.25) is 0 Å². The van der Waals surface area contributed by atoms with Gasteiger partial charge < -0.3 is 4.74 Å². The minimum absolute atomic E-state index is 0.518. The summed E-state index contributed by atoms with van der Waals surface area (Å²) in [5.41, 5.74) is 0. The van der Waals surface area contributed by atoms with Crippen LogP contribution in [0, 0.1) is 11.8 Å². The van der Waals surface area contributed by atoms with Crippen LogP contribution in [0.5, 0.6) is 0 Å². The fourth-order valence-corrected chi connectivity index (χ4v) is 3.41. The van der Waals surface area contributed by atoms with Gasteiger partial charge in [-0.15, -0.1) is 0 Å². The first-order valence-electron chi connectivity index (χ1n) is 7.82. The molecule has 1 rings (SSSR count). The van der Waals surface area contributed by atoms with E-state index in [4.69, 9.17) is 4.74 Å². The quantitative estimate of drug-likeness (QED) is 0.439. The van der Waals surface area contributed by atoms with Crippen molar-refractivity contribution in [1.82, 2.24) is 0 Å². The second-order valence-corrected chi connectivity index (χ2v) is 5.93. The highest BCUT2D eigenvalue weighted by molar-refractivity contribution is 4.77. The molecule has 2 atom stereocenters. The molecular weight excluding hydrogens is 208 g/mol. The van der Waals surface area contributed by atoms with E-state index in [9.17, 15) is 0 Å². The van der Waals surface area contributed by atoms with Crippen LogP contribution in [0.2, 0.25) is 0 Å². The van der Waals surface area contributed by atoms with Crippen molar-refractivity contribution in [3.8, 4) is 0 Å². The van der Waals surface area contributed by atoms with Crippen molar-refractivity contribution in [2.24, 2.45) is 11.8 Å². The van der Waals surface area contributed by atoms with Gasteiger partial charge in [0, 0.05) is 7.11 Å². The lowest BCUT2D eigenvalue weighted by Crippen LogP contribution is -2.29. The predicted molar refractivity (Wildman–Crippen MR) is 75.3 cm³/mol. The molecule has 0 bridgehead atoms. The maximum absolute atomic E-state index is 5.84. The highest BCUT2D eigenvalue weighted by atomic mass is 16.5. The molecule has 0 heterocycles. The maximum Gasteiger partial charge on any atom is 0.0624 e. The Morgan fingerprint density at radius 3 is 2.24 bits per heavy atom. The SMILES string of the molecule is CCCCCC(C)C(OC)C1CCCCCC1. The van der Waals surface area contributed by atoms with Crippen LogP contribution >= 0.6 is 0 Å². The lowest BCUT2D eigenvalue weighted by molar-refractivity contribution is 0.00278. The molecule has 1 aliphatic carbocycles. The Hall–Kier alpha value is -0.0400. The molecule has 0 spiro atoms. The van der Waals surface area contributed by atoms with Gasteiger partial charge >= 0.3 is 0 Å². The topological polar surface area (TPSA) is 9.23 Å². The van der Waals surface area contributed by atoms with E-state index in [1.165, 1.54) is 64.2 Å². The van der Waals surface area contributed by atoms with E-state index in [2.05, 4.69) is 13.8 Å². The van der Waals surface area contributed by atoms with Crippen LogP contribution in [-0.4, -0.2) is 13.2 Å². The molecule has 0 amide bonds. The van der Waals surface area contributed by atoms with Crippen LogP contribution in [0.4, 0.5) is 0 Å². The zero-order valence-electron chi connectivity index (χ0n) is 12.2. The predicted octanol–water partition coefficient (Wildman–Crippen LogP) is 5.19. The summed E-state index contributed by atoms with van der Waals surface area (Å²) < 4.78 is 5.84. The average molecular weight is 240 g/mol. The Bertz CT molecular complexity index is 170. The van der Waals surface area contributed by atoms with Gasteiger partial charge in [0.05, 0.1) is 6.10 Å². The van der Waals surface area contributed by atoms with Gasteiger partial charge in [0.1, 0.15) is 0 Å². The summed E-state index contributed by atoms with van der Waals surface area (Å²) in [4.78, 5) is 0. The molecule has 2 unspecified atom stereocenters. The Balaban J connectivity index is 2.38. The molecule has 1 aliphatic rings. The maximum atomic E-state index is 5.84. The van der Waals surface area contributed by atoms with Gasteiger partial charge in [-0.05, 0) is 31.1 Å². The summed E-state index contributed by atoms with van der Waals surface area (Å²) in [6.45, 7) is 4.68. The van der Waals surface area contributed by atoms with Crippen molar-refractivity contribution in [3.05, 3.63) is 0 Å². The number of methoxy groups -OCH3 is 1. The molecule has 1 heteroatoms. The third-order valence-corrected chi connectivity index (χ3v) is 4.46. The summed E-state index contributed by atoms with van der Waals surface area (Å²) >= 11 is 0. The van der Waals surface area contributed by atoms with Crippen LogP contribution in [0.3, 0.4) is 0 Å². The van der Waals surface area contributed by atoms with Gasteiger partial charge in [-0.25, -0.2) is 0 Å². The van der Waals surface area contributed by atoms with Crippen molar-refractivity contribution in [2.45, 2.75) is 84.2 Å². The zero-order valence-corrected chi connectivity index (χ0v) is 12.2. The first-order valence-corrected chi connectivity index (χ1v) is 7.82. The van der Waals surface area contributed by atoms with Crippen LogP contribution in [0.1, 0.15) is 78.1 Å². The van der Waals surface area contributed by atoms with E-state index < -0.39 is 0 Å². The van der Waals surface area contributed by atoms with Gasteiger partial charge in [0.25, 0.3) is 0 Å². The fraction of sp³-hybridized carbons (Fsp3) is 1.00. The Morgan fingerprint density at radius 1 is 1.06 bits per heavy atom. The standard InChI is InChI=1S/C16H32O/c1-4-5-8-11-14(2)16(17-3)15-12-9-6-7-10-13-15/h14-16H,4-13H2,1-3H3. The molecule has 1 nitrogen and oxygen atoms in total. The molecule has 102 valence electrons. The molecule has 0 aromatic rings. The Morgan fingerprint density at radius 2 is 1.71 bits per heavy atom. The van der Waals surface area contributed by atoms with Crippen molar-refractivity contribution in [1.29, 1.82) is 0 Å². The van der Waals surface area contributed by atoms with Crippen LogP contribution in [0.25, 0.3) is 0 Å². The molecule has 0 aromatic carbocycles. The highest BCUT2D eigenvalue weighted by Gasteiger charge is 2.26. The third-order valence-electron chi connectivity index (χ3n) is 4.46. The van der Waals surface area contributed by atoms with E-state index in [1.54, 1.807) is 0 Å². The van der Waals surface area contributed by atoms with Gasteiger partial charge in [-0.2, -0.15) is 0 Å². The molecule has 1 fully saturated rings. The summed E-state index contributed by atoms with van der Waals surface area (Å²) in [5.74, 6) is 1.58. The Kier molecular flexibility index (Phi) is 7.92. The highest BCUT2D eigenvalue weighted by Crippen LogP contribution is 2.31. The molecule has 0 radical (unpaired) electrons. The number of ether oxygens (including phenoxy) is 1. The number of rotatable bonds is 7. The van der Waals surface area contributed by atoms with Crippen LogP contribution in [-0.2, 0) is 4.74 Å². The second-order valence-electron chi connectivity index (χ2n) is 5.93. The van der Waals surface area contributed by atoms with Crippen molar-refractivity contribution in [3.63, 3.8) is 0 Å². The number of hydrogen-bond donors (Lipinski definition) is 0. The van der Waals surface area contributed by atoms with Gasteiger partial charge in [0.15, 0.2) is 0 Å². The normalized spacial score (nSPS) is 22.1. The van der Waals surface area contributed by atoms with Gasteiger partial charge in [-0.1, -0.05) is 58.8 Å². The first kappa shape index (κ1) is 15.0. The molecule has 1 saturated carbocycles. The summed E-state index contributed by atoms with van der Waals surface area (Å²) in [5, 5.41) is 0. The van der Waals surface area contributed by atoms with Crippen molar-refractivity contribution >= 4 is 0 Å². The number of hydrogen-bond acceptors (Lipinski definition) is 1. The summed E-state index contributed by atoms with van der Waals surface area (Å²) in [6, 6.07) is 0.